The smallest absolute Gasteiger partial charge is 0.182 e. The van der Waals surface area contributed by atoms with Crippen LogP contribution in [-0.2, 0) is 7.05 Å². The number of aromatic nitrogens is 5. The first-order valence-electron chi connectivity index (χ1n) is 10.1. The summed E-state index contributed by atoms with van der Waals surface area (Å²) in [5, 5.41) is 5.61. The van der Waals surface area contributed by atoms with Crippen LogP contribution in [0.5, 0.6) is 0 Å². The highest BCUT2D eigenvalue weighted by Crippen LogP contribution is 2.28. The maximum Gasteiger partial charge on any atom is 0.182 e. The third-order valence-corrected chi connectivity index (χ3v) is 5.76. The average molecular weight is 380 g/mol. The number of likely N-dealkylation sites (N-methyl/N-ethyl adjacent to an activating group) is 1. The second kappa shape index (κ2) is 7.83. The summed E-state index contributed by atoms with van der Waals surface area (Å²) in [6, 6.07) is 6.48. The van der Waals surface area contributed by atoms with Gasteiger partial charge in [-0.1, -0.05) is 12.5 Å². The molecule has 0 spiro atoms. The molecule has 4 rings (SSSR count). The Morgan fingerprint density at radius 2 is 2.07 bits per heavy atom. The molecule has 1 aliphatic rings. The monoisotopic (exact) mass is 379 g/mol. The SMILES string of the molecule is Cc1nn(C)c2nc(-c3ccccn3)nc(N(C)CCN3CCCC[C@@H]3C)c12. The van der Waals surface area contributed by atoms with E-state index in [2.05, 4.69) is 33.9 Å². The van der Waals surface area contributed by atoms with Crippen LogP contribution in [0.1, 0.15) is 31.9 Å². The van der Waals surface area contributed by atoms with Gasteiger partial charge in [0.05, 0.1) is 11.1 Å². The highest BCUT2D eigenvalue weighted by Gasteiger charge is 2.21. The van der Waals surface area contributed by atoms with Gasteiger partial charge < -0.3 is 4.90 Å². The minimum Gasteiger partial charge on any atom is -0.358 e. The summed E-state index contributed by atoms with van der Waals surface area (Å²) in [6.45, 7) is 7.52. The van der Waals surface area contributed by atoms with Crippen molar-refractivity contribution in [2.45, 2.75) is 39.2 Å². The van der Waals surface area contributed by atoms with Gasteiger partial charge in [-0.05, 0) is 45.4 Å². The van der Waals surface area contributed by atoms with Crippen LogP contribution in [0.3, 0.4) is 0 Å². The third kappa shape index (κ3) is 3.58. The molecule has 148 valence electrons. The van der Waals surface area contributed by atoms with Gasteiger partial charge in [0.25, 0.3) is 0 Å². The van der Waals surface area contributed by atoms with E-state index in [1.807, 2.05) is 36.9 Å². The number of nitrogens with zero attached hydrogens (tertiary/aromatic N) is 7. The van der Waals surface area contributed by atoms with E-state index < -0.39 is 0 Å². The Bertz CT molecular complexity index is 950. The number of pyridine rings is 1. The average Bonchev–Trinajstić information content (AvgIpc) is 3.01. The van der Waals surface area contributed by atoms with Gasteiger partial charge >= 0.3 is 0 Å². The first-order chi connectivity index (χ1) is 13.5. The summed E-state index contributed by atoms with van der Waals surface area (Å²) >= 11 is 0. The van der Waals surface area contributed by atoms with Crippen LogP contribution in [0.15, 0.2) is 24.4 Å². The van der Waals surface area contributed by atoms with Crippen LogP contribution in [-0.4, -0.2) is 62.4 Å². The normalized spacial score (nSPS) is 17.9. The number of hydrogen-bond donors (Lipinski definition) is 0. The molecule has 1 fully saturated rings. The number of fused-ring (bicyclic) bond motifs is 1. The van der Waals surface area contributed by atoms with Gasteiger partial charge in [-0.2, -0.15) is 5.10 Å². The van der Waals surface area contributed by atoms with Crippen molar-refractivity contribution < 1.29 is 0 Å². The van der Waals surface area contributed by atoms with Crippen molar-refractivity contribution in [2.75, 3.05) is 31.6 Å². The van der Waals surface area contributed by atoms with Crippen molar-refractivity contribution in [3.63, 3.8) is 0 Å². The number of rotatable bonds is 5. The maximum absolute atomic E-state index is 4.91. The molecule has 1 saturated heterocycles. The quantitative estimate of drug-likeness (QED) is 0.679. The zero-order chi connectivity index (χ0) is 19.7. The van der Waals surface area contributed by atoms with E-state index in [9.17, 15) is 0 Å². The summed E-state index contributed by atoms with van der Waals surface area (Å²) in [6.07, 6.45) is 5.73. The van der Waals surface area contributed by atoms with E-state index in [1.165, 1.54) is 25.8 Å². The Kier molecular flexibility index (Phi) is 5.26. The van der Waals surface area contributed by atoms with Gasteiger partial charge in [-0.15, -0.1) is 0 Å². The number of anilines is 1. The molecule has 0 amide bonds. The molecule has 0 aliphatic carbocycles. The summed E-state index contributed by atoms with van der Waals surface area (Å²) < 4.78 is 1.84. The zero-order valence-corrected chi connectivity index (χ0v) is 17.3. The zero-order valence-electron chi connectivity index (χ0n) is 17.3. The van der Waals surface area contributed by atoms with Gasteiger partial charge in [0.1, 0.15) is 11.5 Å². The van der Waals surface area contributed by atoms with Crippen LogP contribution in [0.2, 0.25) is 0 Å². The Balaban J connectivity index is 1.68. The van der Waals surface area contributed by atoms with Gasteiger partial charge in [0.2, 0.25) is 0 Å². The van der Waals surface area contributed by atoms with Crippen molar-refractivity contribution in [2.24, 2.45) is 7.05 Å². The predicted molar refractivity (Wildman–Crippen MR) is 112 cm³/mol. The van der Waals surface area contributed by atoms with Gasteiger partial charge in [0, 0.05) is 39.4 Å². The van der Waals surface area contributed by atoms with Crippen LogP contribution in [0.4, 0.5) is 5.82 Å². The molecule has 0 unspecified atom stereocenters. The van der Waals surface area contributed by atoms with Crippen molar-refractivity contribution in [1.29, 1.82) is 0 Å². The predicted octanol–water partition coefficient (Wildman–Crippen LogP) is 3.04. The maximum atomic E-state index is 4.91. The largest absolute Gasteiger partial charge is 0.358 e. The van der Waals surface area contributed by atoms with Crippen molar-refractivity contribution in [1.82, 2.24) is 29.6 Å². The number of aryl methyl sites for hydroxylation is 2. The fraction of sp³-hybridized carbons (Fsp3) is 0.524. The first-order valence-corrected chi connectivity index (χ1v) is 10.1. The highest BCUT2D eigenvalue weighted by atomic mass is 15.3. The van der Waals surface area contributed by atoms with Crippen LogP contribution in [0.25, 0.3) is 22.6 Å². The van der Waals surface area contributed by atoms with E-state index in [-0.39, 0.29) is 0 Å². The lowest BCUT2D eigenvalue weighted by molar-refractivity contribution is 0.165. The van der Waals surface area contributed by atoms with Crippen molar-refractivity contribution >= 4 is 16.9 Å². The second-order valence-corrected chi connectivity index (χ2v) is 7.80. The minimum absolute atomic E-state index is 0.643. The Morgan fingerprint density at radius 3 is 2.82 bits per heavy atom. The molecule has 0 N–H and O–H groups in total. The standard InChI is InChI=1S/C21H29N7/c1-15-9-6-8-12-28(15)14-13-26(3)20-18-16(2)25-27(4)21(18)24-19(23-20)17-10-5-7-11-22-17/h5,7,10-11,15H,6,8-9,12-14H2,1-4H3/t15-/m0/s1. The fourth-order valence-electron chi connectivity index (χ4n) is 4.08. The number of piperidine rings is 1. The molecule has 0 aromatic carbocycles. The highest BCUT2D eigenvalue weighted by molar-refractivity contribution is 5.91. The van der Waals surface area contributed by atoms with E-state index in [0.717, 1.165) is 41.3 Å². The van der Waals surface area contributed by atoms with Crippen molar-refractivity contribution in [3.05, 3.63) is 30.1 Å². The molecule has 0 radical (unpaired) electrons. The summed E-state index contributed by atoms with van der Waals surface area (Å²) in [4.78, 5) is 18.9. The molecular formula is C21H29N7. The number of hydrogen-bond acceptors (Lipinski definition) is 6. The van der Waals surface area contributed by atoms with E-state index in [0.29, 0.717) is 11.9 Å². The van der Waals surface area contributed by atoms with E-state index in [4.69, 9.17) is 9.97 Å². The van der Waals surface area contributed by atoms with Gasteiger partial charge in [-0.25, -0.2) is 9.97 Å². The molecule has 28 heavy (non-hydrogen) atoms. The summed E-state index contributed by atoms with van der Waals surface area (Å²) in [5.74, 6) is 1.57. The lowest BCUT2D eigenvalue weighted by atomic mass is 10.0. The molecule has 3 aromatic rings. The fourth-order valence-corrected chi connectivity index (χ4v) is 4.08. The van der Waals surface area contributed by atoms with E-state index >= 15 is 0 Å². The van der Waals surface area contributed by atoms with Crippen LogP contribution < -0.4 is 4.90 Å². The third-order valence-electron chi connectivity index (χ3n) is 5.76. The molecule has 1 aliphatic heterocycles. The lowest BCUT2D eigenvalue weighted by Gasteiger charge is -2.34. The molecule has 4 heterocycles. The first kappa shape index (κ1) is 18.8. The molecule has 0 saturated carbocycles. The molecule has 0 bridgehead atoms. The Labute approximate surface area is 166 Å². The summed E-state index contributed by atoms with van der Waals surface area (Å²) in [5.41, 5.74) is 2.59. The van der Waals surface area contributed by atoms with Crippen LogP contribution >= 0.6 is 0 Å². The van der Waals surface area contributed by atoms with Gasteiger partial charge in [-0.3, -0.25) is 14.6 Å². The number of likely N-dealkylation sites (tertiary alicyclic amines) is 1. The molecule has 7 nitrogen and oxygen atoms in total. The topological polar surface area (TPSA) is 63.0 Å². The Hall–Kier alpha value is -2.54. The molecular weight excluding hydrogens is 350 g/mol. The van der Waals surface area contributed by atoms with E-state index in [1.54, 1.807) is 6.20 Å². The molecule has 1 atom stereocenters. The lowest BCUT2D eigenvalue weighted by Crippen LogP contribution is -2.42. The van der Waals surface area contributed by atoms with Gasteiger partial charge in [0.15, 0.2) is 11.5 Å². The minimum atomic E-state index is 0.643. The van der Waals surface area contributed by atoms with Crippen LogP contribution in [0, 0.1) is 6.92 Å². The summed E-state index contributed by atoms with van der Waals surface area (Å²) in [7, 11) is 4.05. The van der Waals surface area contributed by atoms with Crippen molar-refractivity contribution in [3.8, 4) is 11.5 Å². The molecule has 7 heteroatoms. The molecule has 3 aromatic heterocycles. The second-order valence-electron chi connectivity index (χ2n) is 7.80. The Morgan fingerprint density at radius 1 is 1.21 bits per heavy atom.